The molecule has 2 aromatic rings. The molecule has 1 heterocycles. The second kappa shape index (κ2) is 8.25. The van der Waals surface area contributed by atoms with Crippen LogP contribution in [0.5, 0.6) is 0 Å². The highest BCUT2D eigenvalue weighted by molar-refractivity contribution is 6.34. The van der Waals surface area contributed by atoms with E-state index in [-0.39, 0.29) is 27.7 Å². The fourth-order valence-corrected chi connectivity index (χ4v) is 2.97. The molecule has 1 atom stereocenters. The van der Waals surface area contributed by atoms with Crippen molar-refractivity contribution in [2.75, 3.05) is 0 Å². The Morgan fingerprint density at radius 3 is 2.44 bits per heavy atom. The average molecular weight is 411 g/mol. The number of hydrogen-bond acceptors (Lipinski definition) is 5. The van der Waals surface area contributed by atoms with E-state index in [1.807, 2.05) is 20.8 Å². The lowest BCUT2D eigenvalue weighted by molar-refractivity contribution is -0.182. The minimum Gasteiger partial charge on any atom is -0.345 e. The Hall–Kier alpha value is -2.15. The number of carbonyl (C=O) groups excluding carboxylic acids is 2. The molecular weight excluding hydrogens is 391 g/mol. The van der Waals surface area contributed by atoms with Crippen LogP contribution in [0, 0.1) is 0 Å². The molecule has 0 spiro atoms. The topological polar surface area (TPSA) is 88.5 Å². The summed E-state index contributed by atoms with van der Waals surface area (Å²) in [5, 5.41) is 11.9. The SMILES string of the molecule is CC(NC(=O)c1cc(Cl)cnc1Cl)c1ccc(C(=O)OO)c(C(C)(C)C)c1. The molecule has 0 saturated heterocycles. The maximum absolute atomic E-state index is 12.5. The lowest BCUT2D eigenvalue weighted by atomic mass is 9.82. The maximum Gasteiger partial charge on any atom is 0.373 e. The van der Waals surface area contributed by atoms with Crippen LogP contribution in [0.1, 0.15) is 65.6 Å². The lowest BCUT2D eigenvalue weighted by Crippen LogP contribution is -2.28. The van der Waals surface area contributed by atoms with E-state index < -0.39 is 11.9 Å². The molecule has 1 aromatic carbocycles. The molecule has 8 heteroatoms. The number of hydrogen-bond donors (Lipinski definition) is 2. The molecule has 2 N–H and O–H groups in total. The molecule has 0 saturated carbocycles. The Morgan fingerprint density at radius 2 is 1.85 bits per heavy atom. The Kier molecular flexibility index (Phi) is 6.46. The van der Waals surface area contributed by atoms with Gasteiger partial charge in [-0.25, -0.2) is 9.78 Å². The summed E-state index contributed by atoms with van der Waals surface area (Å²) >= 11 is 11.9. The van der Waals surface area contributed by atoms with Crippen molar-refractivity contribution >= 4 is 35.1 Å². The van der Waals surface area contributed by atoms with Gasteiger partial charge in [0.2, 0.25) is 0 Å². The first-order valence-electron chi connectivity index (χ1n) is 8.16. The Bertz CT molecular complexity index is 878. The summed E-state index contributed by atoms with van der Waals surface area (Å²) in [5.41, 5.74) is 1.50. The quantitative estimate of drug-likeness (QED) is 0.428. The molecule has 1 unspecified atom stereocenters. The van der Waals surface area contributed by atoms with Gasteiger partial charge in [-0.1, -0.05) is 56.1 Å². The molecule has 1 amide bonds. The fraction of sp³-hybridized carbons (Fsp3) is 0.316. The maximum atomic E-state index is 12.5. The Labute approximate surface area is 167 Å². The van der Waals surface area contributed by atoms with E-state index in [1.54, 1.807) is 25.1 Å². The molecule has 27 heavy (non-hydrogen) atoms. The predicted octanol–water partition coefficient (Wildman–Crippen LogP) is 4.81. The van der Waals surface area contributed by atoms with Crippen molar-refractivity contribution in [1.82, 2.24) is 10.3 Å². The number of pyridine rings is 1. The molecule has 0 fully saturated rings. The highest BCUT2D eigenvalue weighted by Gasteiger charge is 2.25. The predicted molar refractivity (Wildman–Crippen MR) is 103 cm³/mol. The number of nitrogens with zero attached hydrogens (tertiary/aromatic N) is 1. The summed E-state index contributed by atoms with van der Waals surface area (Å²) in [6, 6.07) is 6.11. The van der Waals surface area contributed by atoms with E-state index in [1.165, 1.54) is 12.3 Å². The van der Waals surface area contributed by atoms with Crippen molar-refractivity contribution in [3.63, 3.8) is 0 Å². The van der Waals surface area contributed by atoms with E-state index >= 15 is 0 Å². The fourth-order valence-electron chi connectivity index (χ4n) is 2.62. The van der Waals surface area contributed by atoms with Crippen LogP contribution in [-0.4, -0.2) is 22.1 Å². The number of aromatic nitrogens is 1. The molecule has 6 nitrogen and oxygen atoms in total. The number of halogens is 2. The van der Waals surface area contributed by atoms with Gasteiger partial charge in [0.1, 0.15) is 5.15 Å². The Morgan fingerprint density at radius 1 is 1.19 bits per heavy atom. The molecule has 1 aromatic heterocycles. The summed E-state index contributed by atoms with van der Waals surface area (Å²) in [7, 11) is 0. The third-order valence-corrected chi connectivity index (χ3v) is 4.56. The summed E-state index contributed by atoms with van der Waals surface area (Å²) in [5.74, 6) is -1.25. The van der Waals surface area contributed by atoms with E-state index in [9.17, 15) is 9.59 Å². The van der Waals surface area contributed by atoms with Gasteiger partial charge in [0.25, 0.3) is 5.91 Å². The zero-order chi connectivity index (χ0) is 20.4. The van der Waals surface area contributed by atoms with Crippen LogP contribution in [0.4, 0.5) is 0 Å². The van der Waals surface area contributed by atoms with Crippen LogP contribution in [0.15, 0.2) is 30.5 Å². The first-order valence-corrected chi connectivity index (χ1v) is 8.92. The molecular formula is C19H20Cl2N2O4. The zero-order valence-corrected chi connectivity index (χ0v) is 16.9. The molecule has 2 rings (SSSR count). The largest absolute Gasteiger partial charge is 0.373 e. The highest BCUT2D eigenvalue weighted by atomic mass is 35.5. The van der Waals surface area contributed by atoms with Crippen LogP contribution >= 0.6 is 23.2 Å². The summed E-state index contributed by atoms with van der Waals surface area (Å²) in [4.78, 5) is 32.1. The second-order valence-electron chi connectivity index (χ2n) is 7.12. The van der Waals surface area contributed by atoms with E-state index in [0.717, 1.165) is 5.56 Å². The third-order valence-electron chi connectivity index (χ3n) is 4.05. The van der Waals surface area contributed by atoms with E-state index in [2.05, 4.69) is 15.2 Å². The Balaban J connectivity index is 2.33. The minimum absolute atomic E-state index is 0.0560. The van der Waals surface area contributed by atoms with Gasteiger partial charge in [-0.15, -0.1) is 0 Å². The summed E-state index contributed by atoms with van der Waals surface area (Å²) in [6.07, 6.45) is 1.36. The first kappa shape index (κ1) is 21.2. The van der Waals surface area contributed by atoms with Gasteiger partial charge in [0.05, 0.1) is 22.2 Å². The van der Waals surface area contributed by atoms with Crippen LogP contribution in [-0.2, 0) is 10.3 Å². The van der Waals surface area contributed by atoms with Crippen molar-refractivity contribution in [1.29, 1.82) is 0 Å². The van der Waals surface area contributed by atoms with Gasteiger partial charge < -0.3 is 5.32 Å². The number of amides is 1. The number of nitrogens with one attached hydrogen (secondary N) is 1. The van der Waals surface area contributed by atoms with Gasteiger partial charge in [0.15, 0.2) is 0 Å². The van der Waals surface area contributed by atoms with Gasteiger partial charge in [-0.2, -0.15) is 5.26 Å². The number of rotatable bonds is 4. The van der Waals surface area contributed by atoms with Crippen molar-refractivity contribution in [2.45, 2.75) is 39.2 Å². The van der Waals surface area contributed by atoms with Crippen molar-refractivity contribution in [3.8, 4) is 0 Å². The molecule has 0 aliphatic carbocycles. The van der Waals surface area contributed by atoms with Crippen molar-refractivity contribution in [2.24, 2.45) is 0 Å². The molecule has 0 radical (unpaired) electrons. The lowest BCUT2D eigenvalue weighted by Gasteiger charge is -2.24. The second-order valence-corrected chi connectivity index (χ2v) is 7.92. The van der Waals surface area contributed by atoms with Crippen LogP contribution < -0.4 is 5.32 Å². The summed E-state index contributed by atoms with van der Waals surface area (Å²) < 4.78 is 0. The zero-order valence-electron chi connectivity index (χ0n) is 15.3. The van der Waals surface area contributed by atoms with Gasteiger partial charge in [0, 0.05) is 6.20 Å². The molecule has 0 aliphatic rings. The molecule has 144 valence electrons. The first-order chi connectivity index (χ1) is 12.5. The normalized spacial score (nSPS) is 12.4. The van der Waals surface area contributed by atoms with E-state index in [4.69, 9.17) is 28.5 Å². The van der Waals surface area contributed by atoms with Gasteiger partial charge in [-0.05, 0) is 35.6 Å². The van der Waals surface area contributed by atoms with Crippen LogP contribution in [0.25, 0.3) is 0 Å². The standard InChI is InChI=1S/C19H20Cl2N2O4/c1-10(23-17(24)14-8-12(20)9-22-16(14)21)11-5-6-13(18(25)27-26)15(7-11)19(2,3)4/h5-10,26H,1-4H3,(H,23,24). The third kappa shape index (κ3) is 4.97. The number of carbonyl (C=O) groups is 2. The smallest absolute Gasteiger partial charge is 0.345 e. The van der Waals surface area contributed by atoms with Gasteiger partial charge >= 0.3 is 5.97 Å². The van der Waals surface area contributed by atoms with Crippen molar-refractivity contribution in [3.05, 3.63) is 62.9 Å². The molecule has 0 aliphatic heterocycles. The monoisotopic (exact) mass is 410 g/mol. The average Bonchev–Trinajstić information content (AvgIpc) is 2.61. The van der Waals surface area contributed by atoms with Crippen LogP contribution in [0.2, 0.25) is 10.2 Å². The van der Waals surface area contributed by atoms with E-state index in [0.29, 0.717) is 10.6 Å². The highest BCUT2D eigenvalue weighted by Crippen LogP contribution is 2.29. The van der Waals surface area contributed by atoms with Crippen LogP contribution in [0.3, 0.4) is 0 Å². The summed E-state index contributed by atoms with van der Waals surface area (Å²) in [6.45, 7) is 7.60. The van der Waals surface area contributed by atoms with Crippen molar-refractivity contribution < 1.29 is 19.7 Å². The minimum atomic E-state index is -0.833. The number of benzene rings is 1. The molecule has 0 bridgehead atoms. The van der Waals surface area contributed by atoms with Gasteiger partial charge in [-0.3, -0.25) is 9.68 Å².